The number of isocyanates is 1. The molecule has 3 N–H and O–H groups in total. The fraction of sp³-hybridized carbons (Fsp3) is 0. The molecule has 0 unspecified atom stereocenters. The number of anilines is 1. The molecule has 7 heteroatoms. The van der Waals surface area contributed by atoms with Gasteiger partial charge in [-0.2, -0.15) is 4.98 Å². The van der Waals surface area contributed by atoms with E-state index in [1.807, 2.05) is 0 Å². The highest BCUT2D eigenvalue weighted by atomic mass is 19.2. The number of carbonyl (C=O) groups excluding carboxylic acids is 1. The highest BCUT2D eigenvalue weighted by molar-refractivity contribution is 5.26. The molecule has 1 aromatic heterocycles. The molecular weight excluding hydrogens is 167 g/mol. The summed E-state index contributed by atoms with van der Waals surface area (Å²) in [4.78, 5) is 21.5. The van der Waals surface area contributed by atoms with Crippen molar-refractivity contribution in [3.05, 3.63) is 22.7 Å². The van der Waals surface area contributed by atoms with E-state index in [1.54, 1.807) is 0 Å². The minimum atomic E-state index is -0.991. The molecule has 0 bridgehead atoms. The Balaban J connectivity index is 0.000000354. The quantitative estimate of drug-likeness (QED) is 0.405. The zero-order chi connectivity index (χ0) is 9.56. The minimum Gasteiger partial charge on any atom is -0.383 e. The Morgan fingerprint density at radius 2 is 2.25 bits per heavy atom. The Bertz CT molecular complexity index is 342. The van der Waals surface area contributed by atoms with E-state index in [1.165, 1.54) is 6.07 Å². The summed E-state index contributed by atoms with van der Waals surface area (Å²) in [6, 6.07) is 1.20. The average Bonchev–Trinajstić information content (AvgIpc) is 1.99. The number of hydrogen-bond acceptors (Lipinski definition) is 5. The largest absolute Gasteiger partial charge is 0.383 e. The highest BCUT2D eigenvalue weighted by Crippen LogP contribution is 1.87. The average molecular weight is 172 g/mol. The highest BCUT2D eigenvalue weighted by Gasteiger charge is 1.91. The van der Waals surface area contributed by atoms with E-state index in [-0.39, 0.29) is 10.6 Å². The number of nitrogens with two attached hydrogens (primary N) is 1. The number of hydrogen-bond donors (Lipinski definition) is 2. The number of aromatic nitrogens is 2. The van der Waals surface area contributed by atoms with Crippen LogP contribution in [0.2, 0.25) is 0 Å². The maximum Gasteiger partial charge on any atom is 0.377 e. The number of nitrogen functional groups attached to an aromatic ring is 1. The smallest absolute Gasteiger partial charge is 0.377 e. The fourth-order valence-electron chi connectivity index (χ4n) is 0.401. The summed E-state index contributed by atoms with van der Waals surface area (Å²) in [5, 5.41) is 5.40. The van der Waals surface area contributed by atoms with E-state index in [4.69, 9.17) is 15.9 Å². The molecule has 0 aliphatic heterocycles. The summed E-state index contributed by atoms with van der Waals surface area (Å²) >= 11 is 0. The topological polar surface area (TPSA) is 102 Å². The summed E-state index contributed by atoms with van der Waals surface area (Å²) in [5.74, 6) is 0.0221. The van der Waals surface area contributed by atoms with Crippen molar-refractivity contribution < 1.29 is 9.28 Å². The first-order valence-corrected chi connectivity index (χ1v) is 2.67. The Labute approximate surface area is 65.9 Å². The molecule has 0 atom stereocenters. The molecule has 0 amide bonds. The summed E-state index contributed by atoms with van der Waals surface area (Å²) < 4.78 is 12.0. The van der Waals surface area contributed by atoms with Gasteiger partial charge in [-0.15, -0.1) is 4.79 Å². The SMILES string of the molecule is N=C=O.Nc1ccn(F)c(=O)n1. The van der Waals surface area contributed by atoms with Gasteiger partial charge in [-0.05, 0) is 6.07 Å². The van der Waals surface area contributed by atoms with Crippen molar-refractivity contribution in [3.8, 4) is 0 Å². The lowest BCUT2D eigenvalue weighted by atomic mass is 10.6. The van der Waals surface area contributed by atoms with Crippen molar-refractivity contribution >= 4 is 11.9 Å². The first-order valence-electron chi connectivity index (χ1n) is 2.67. The lowest BCUT2D eigenvalue weighted by molar-refractivity contribution is 0.344. The van der Waals surface area contributed by atoms with Gasteiger partial charge in [0.05, 0.1) is 0 Å². The molecule has 0 fully saturated rings. The van der Waals surface area contributed by atoms with Crippen molar-refractivity contribution in [1.82, 2.24) is 9.77 Å². The van der Waals surface area contributed by atoms with Crippen molar-refractivity contribution in [2.45, 2.75) is 0 Å². The second-order valence-corrected chi connectivity index (χ2v) is 1.55. The van der Waals surface area contributed by atoms with E-state index < -0.39 is 5.69 Å². The monoisotopic (exact) mass is 172 g/mol. The molecule has 0 spiro atoms. The summed E-state index contributed by atoms with van der Waals surface area (Å²) in [7, 11) is 0. The van der Waals surface area contributed by atoms with Crippen molar-refractivity contribution in [1.29, 1.82) is 5.41 Å². The first kappa shape index (κ1) is 9.99. The molecular formula is C5H5FN4O2. The van der Waals surface area contributed by atoms with Crippen molar-refractivity contribution in [2.75, 3.05) is 5.73 Å². The third-order valence-corrected chi connectivity index (χ3v) is 0.784. The van der Waals surface area contributed by atoms with Crippen LogP contribution >= 0.6 is 0 Å². The first-order chi connectivity index (χ1) is 5.61. The Morgan fingerprint density at radius 1 is 1.75 bits per heavy atom. The molecule has 1 rings (SSSR count). The third-order valence-electron chi connectivity index (χ3n) is 0.784. The molecule has 6 nitrogen and oxygen atoms in total. The number of nitrogens with one attached hydrogen (secondary N) is 1. The summed E-state index contributed by atoms with van der Waals surface area (Å²) in [6.07, 6.45) is 1.66. The molecule has 1 aromatic rings. The predicted molar refractivity (Wildman–Crippen MR) is 37.8 cm³/mol. The molecule has 0 aliphatic rings. The second kappa shape index (κ2) is 4.75. The van der Waals surface area contributed by atoms with E-state index in [0.29, 0.717) is 0 Å². The van der Waals surface area contributed by atoms with Gasteiger partial charge in [0.1, 0.15) is 5.82 Å². The molecule has 0 saturated heterocycles. The maximum atomic E-state index is 12.0. The van der Waals surface area contributed by atoms with Gasteiger partial charge >= 0.3 is 5.69 Å². The van der Waals surface area contributed by atoms with Gasteiger partial charge in [-0.1, -0.05) is 4.48 Å². The lowest BCUT2D eigenvalue weighted by Gasteiger charge is -1.88. The van der Waals surface area contributed by atoms with Gasteiger partial charge in [-0.25, -0.2) is 15.0 Å². The van der Waals surface area contributed by atoms with E-state index in [9.17, 15) is 9.28 Å². The van der Waals surface area contributed by atoms with Crippen molar-refractivity contribution in [3.63, 3.8) is 0 Å². The Hall–Kier alpha value is -2.01. The second-order valence-electron chi connectivity index (χ2n) is 1.55. The van der Waals surface area contributed by atoms with Crippen LogP contribution in [0, 0.1) is 5.41 Å². The van der Waals surface area contributed by atoms with Crippen molar-refractivity contribution in [2.24, 2.45) is 0 Å². The van der Waals surface area contributed by atoms with E-state index in [2.05, 4.69) is 4.98 Å². The molecule has 1 heterocycles. The van der Waals surface area contributed by atoms with Crippen LogP contribution in [-0.4, -0.2) is 15.9 Å². The number of nitrogens with zero attached hydrogens (tertiary/aromatic N) is 2. The van der Waals surface area contributed by atoms with Gasteiger partial charge in [0.15, 0.2) is 0 Å². The van der Waals surface area contributed by atoms with E-state index >= 15 is 0 Å². The van der Waals surface area contributed by atoms with Crippen LogP contribution < -0.4 is 11.4 Å². The Morgan fingerprint density at radius 3 is 2.58 bits per heavy atom. The van der Waals surface area contributed by atoms with Crippen LogP contribution in [0.5, 0.6) is 0 Å². The normalized spacial score (nSPS) is 7.75. The van der Waals surface area contributed by atoms with Gasteiger partial charge in [0.2, 0.25) is 6.08 Å². The van der Waals surface area contributed by atoms with Crippen LogP contribution in [-0.2, 0) is 4.79 Å². The Kier molecular flexibility index (Phi) is 3.96. The number of halogens is 1. The fourth-order valence-corrected chi connectivity index (χ4v) is 0.401. The van der Waals surface area contributed by atoms with Crippen LogP contribution in [0.3, 0.4) is 0 Å². The van der Waals surface area contributed by atoms with Crippen LogP contribution in [0.25, 0.3) is 0 Å². The van der Waals surface area contributed by atoms with Crippen LogP contribution in [0.4, 0.5) is 10.3 Å². The van der Waals surface area contributed by atoms with Crippen LogP contribution in [0.15, 0.2) is 17.1 Å². The molecule has 0 aromatic carbocycles. The molecule has 0 saturated carbocycles. The van der Waals surface area contributed by atoms with E-state index in [0.717, 1.165) is 12.3 Å². The minimum absolute atomic E-state index is 0.0221. The summed E-state index contributed by atoms with van der Waals surface area (Å²) in [5.41, 5.74) is 4.05. The molecule has 0 aliphatic carbocycles. The number of rotatable bonds is 0. The molecule has 0 radical (unpaired) electrons. The lowest BCUT2D eigenvalue weighted by Crippen LogP contribution is -2.17. The van der Waals surface area contributed by atoms with Gasteiger partial charge in [0, 0.05) is 6.20 Å². The maximum absolute atomic E-state index is 12.0. The molecule has 64 valence electrons. The summed E-state index contributed by atoms with van der Waals surface area (Å²) in [6.45, 7) is 0. The predicted octanol–water partition coefficient (Wildman–Crippen LogP) is -0.541. The van der Waals surface area contributed by atoms with Gasteiger partial charge < -0.3 is 5.73 Å². The zero-order valence-electron chi connectivity index (χ0n) is 5.82. The van der Waals surface area contributed by atoms with Crippen LogP contribution in [0.1, 0.15) is 0 Å². The standard InChI is InChI=1S/C4H4FN3O.CHNO/c5-8-2-1-3(6)7-4(8)9;2-1-3/h1-2H,(H2,6,7,9);2H. The van der Waals surface area contributed by atoms with Gasteiger partial charge in [-0.3, -0.25) is 0 Å². The third kappa shape index (κ3) is 3.23. The molecule has 12 heavy (non-hydrogen) atoms. The zero-order valence-corrected chi connectivity index (χ0v) is 5.82. The van der Waals surface area contributed by atoms with Gasteiger partial charge in [0.25, 0.3) is 0 Å².